The van der Waals surface area contributed by atoms with Crippen molar-refractivity contribution in [3.05, 3.63) is 0 Å². The van der Waals surface area contributed by atoms with Gasteiger partial charge in [0.25, 0.3) is 24.5 Å². The first-order valence-electron chi connectivity index (χ1n) is 3.24. The van der Waals surface area contributed by atoms with Gasteiger partial charge in [-0.05, 0) is 5.21 Å². The molecule has 0 radical (unpaired) electrons. The van der Waals surface area contributed by atoms with Gasteiger partial charge in [-0.3, -0.25) is 0 Å². The molecule has 1 aromatic heterocycles. The Labute approximate surface area is 82.6 Å². The molecule has 15 heavy (non-hydrogen) atoms. The summed E-state index contributed by atoms with van der Waals surface area (Å²) in [6, 6.07) is 0. The molecule has 9 nitrogen and oxygen atoms in total. The maximum atomic E-state index is 8.28. The lowest BCUT2D eigenvalue weighted by Gasteiger charge is -2.01. The van der Waals surface area contributed by atoms with Gasteiger partial charge in [0.05, 0.1) is 0 Å². The second kappa shape index (κ2) is 4.80. The molecule has 0 unspecified atom stereocenters. The van der Waals surface area contributed by atoms with Crippen LogP contribution in [0.5, 0.6) is 17.5 Å². The van der Waals surface area contributed by atoms with Gasteiger partial charge in [-0.2, -0.15) is 0 Å². The summed E-state index contributed by atoms with van der Waals surface area (Å²) < 4.78 is 13.0. The molecule has 72 valence electrons. The van der Waals surface area contributed by atoms with Crippen LogP contribution in [0.15, 0.2) is 0 Å². The summed E-state index contributed by atoms with van der Waals surface area (Å²) in [6.07, 6.45) is 3.88. The van der Waals surface area contributed by atoms with Crippen molar-refractivity contribution in [2.45, 2.75) is 0 Å². The minimum atomic E-state index is -0.417. The van der Waals surface area contributed by atoms with Gasteiger partial charge in [0.2, 0.25) is 0 Å². The molecule has 0 aliphatic rings. The van der Waals surface area contributed by atoms with Crippen LogP contribution < -0.4 is 14.2 Å². The van der Waals surface area contributed by atoms with Crippen molar-refractivity contribution < 1.29 is 14.2 Å². The van der Waals surface area contributed by atoms with Crippen LogP contribution in [0.2, 0.25) is 0 Å². The van der Waals surface area contributed by atoms with Crippen LogP contribution in [0.1, 0.15) is 0 Å². The molecule has 0 amide bonds. The average molecular weight is 204 g/mol. The zero-order chi connectivity index (χ0) is 11.1. The summed E-state index contributed by atoms with van der Waals surface area (Å²) in [4.78, 5) is 0. The highest BCUT2D eigenvalue weighted by Crippen LogP contribution is 2.31. The zero-order valence-corrected chi connectivity index (χ0v) is 6.91. The number of nitrogens with zero attached hydrogens (tertiary/aromatic N) is 6. The molecular weight excluding hydrogens is 204 g/mol. The standard InChI is InChI=1S/C6N6O3/c7-1-13-4-5(14-2-8)10-12-11-6(4)15-3-9. The number of hydrogen-bond acceptors (Lipinski definition) is 9. The van der Waals surface area contributed by atoms with Crippen molar-refractivity contribution in [1.82, 2.24) is 15.4 Å². The summed E-state index contributed by atoms with van der Waals surface area (Å²) in [7, 11) is 0. The van der Waals surface area contributed by atoms with Crippen LogP contribution in [0, 0.1) is 34.6 Å². The summed E-state index contributed by atoms with van der Waals surface area (Å²) in [5.41, 5.74) is 0. The van der Waals surface area contributed by atoms with E-state index < -0.39 is 17.5 Å². The summed E-state index contributed by atoms with van der Waals surface area (Å²) in [6.45, 7) is 0. The smallest absolute Gasteiger partial charge is 0.303 e. The fourth-order valence-corrected chi connectivity index (χ4v) is 0.639. The van der Waals surface area contributed by atoms with Crippen LogP contribution in [0.3, 0.4) is 0 Å². The molecule has 0 saturated heterocycles. The van der Waals surface area contributed by atoms with Crippen molar-refractivity contribution in [3.8, 4) is 36.3 Å². The second-order valence-electron chi connectivity index (χ2n) is 1.81. The lowest BCUT2D eigenvalue weighted by atomic mass is 10.5. The number of aromatic nitrogens is 3. The Morgan fingerprint density at radius 3 is 1.67 bits per heavy atom. The number of nitriles is 3. The molecule has 1 rings (SSSR count). The molecule has 9 heteroatoms. The molecule has 0 spiro atoms. The molecule has 0 atom stereocenters. The van der Waals surface area contributed by atoms with E-state index in [1.165, 1.54) is 18.8 Å². The van der Waals surface area contributed by atoms with Crippen molar-refractivity contribution in [1.29, 1.82) is 15.8 Å². The van der Waals surface area contributed by atoms with E-state index in [2.05, 4.69) is 29.6 Å². The third-order valence-electron chi connectivity index (χ3n) is 1.09. The number of ether oxygens (including phenoxy) is 3. The molecule has 0 aliphatic heterocycles. The van der Waals surface area contributed by atoms with E-state index in [-0.39, 0.29) is 0 Å². The van der Waals surface area contributed by atoms with Crippen LogP contribution in [-0.2, 0) is 0 Å². The Morgan fingerprint density at radius 1 is 0.800 bits per heavy atom. The maximum Gasteiger partial charge on any atom is 0.303 e. The first-order valence-corrected chi connectivity index (χ1v) is 3.24. The largest absolute Gasteiger partial charge is 0.376 e. The molecule has 0 saturated carbocycles. The second-order valence-corrected chi connectivity index (χ2v) is 1.81. The molecular formula is C6N6O3. The van der Waals surface area contributed by atoms with Crippen molar-refractivity contribution in [3.63, 3.8) is 0 Å². The third-order valence-corrected chi connectivity index (χ3v) is 1.09. The van der Waals surface area contributed by atoms with Crippen LogP contribution in [0.4, 0.5) is 0 Å². The fourth-order valence-electron chi connectivity index (χ4n) is 0.639. The Bertz CT molecular complexity index is 447. The van der Waals surface area contributed by atoms with Crippen LogP contribution in [-0.4, -0.2) is 15.4 Å². The Hall–Kier alpha value is -3.12. The van der Waals surface area contributed by atoms with Gasteiger partial charge in [0.1, 0.15) is 0 Å². The van der Waals surface area contributed by atoms with Crippen LogP contribution in [0.25, 0.3) is 0 Å². The fraction of sp³-hybridized carbons (Fsp3) is 0. The van der Waals surface area contributed by atoms with Gasteiger partial charge >= 0.3 is 11.8 Å². The first-order chi connectivity index (χ1) is 7.33. The van der Waals surface area contributed by atoms with Crippen molar-refractivity contribution >= 4 is 0 Å². The van der Waals surface area contributed by atoms with E-state index >= 15 is 0 Å². The highest BCUT2D eigenvalue weighted by molar-refractivity contribution is 5.42. The van der Waals surface area contributed by atoms with E-state index in [1.54, 1.807) is 0 Å². The lowest BCUT2D eigenvalue weighted by Crippen LogP contribution is -2.00. The Morgan fingerprint density at radius 2 is 1.27 bits per heavy atom. The van der Waals surface area contributed by atoms with Crippen molar-refractivity contribution in [2.75, 3.05) is 0 Å². The highest BCUT2D eigenvalue weighted by Gasteiger charge is 2.18. The Balaban J connectivity index is 3.18. The molecule has 0 N–H and O–H groups in total. The minimum absolute atomic E-state index is 0.393. The third kappa shape index (κ3) is 2.17. The van der Waals surface area contributed by atoms with E-state index in [9.17, 15) is 0 Å². The van der Waals surface area contributed by atoms with Gasteiger partial charge in [-0.1, -0.05) is 10.2 Å². The highest BCUT2D eigenvalue weighted by atomic mass is 16.5. The summed E-state index contributed by atoms with van der Waals surface area (Å²) >= 11 is 0. The maximum absolute atomic E-state index is 8.28. The molecule has 1 heterocycles. The topological polar surface area (TPSA) is 138 Å². The SMILES string of the molecule is N#COc1nnnc(OC#N)c1OC#N. The van der Waals surface area contributed by atoms with E-state index in [1.807, 2.05) is 0 Å². The minimum Gasteiger partial charge on any atom is -0.376 e. The summed E-state index contributed by atoms with van der Waals surface area (Å²) in [5.74, 6) is -1.23. The number of hydrogen-bond donors (Lipinski definition) is 0. The molecule has 1 aromatic rings. The normalized spacial score (nSPS) is 7.80. The molecule has 0 aliphatic carbocycles. The van der Waals surface area contributed by atoms with Gasteiger partial charge < -0.3 is 14.2 Å². The van der Waals surface area contributed by atoms with E-state index in [0.29, 0.717) is 0 Å². The molecule has 0 fully saturated rings. The van der Waals surface area contributed by atoms with E-state index in [4.69, 9.17) is 15.8 Å². The Kier molecular flexibility index (Phi) is 3.19. The molecule has 0 aromatic carbocycles. The van der Waals surface area contributed by atoms with E-state index in [0.717, 1.165) is 0 Å². The summed E-state index contributed by atoms with van der Waals surface area (Å²) in [5, 5.41) is 34.4. The van der Waals surface area contributed by atoms with Gasteiger partial charge in [-0.25, -0.2) is 0 Å². The lowest BCUT2D eigenvalue weighted by molar-refractivity contribution is 0.373. The predicted octanol–water partition coefficient (Wildman–Crippen LogP) is -0.549. The average Bonchev–Trinajstić information content (AvgIpc) is 2.23. The monoisotopic (exact) mass is 204 g/mol. The van der Waals surface area contributed by atoms with Gasteiger partial charge in [-0.15, -0.1) is 15.8 Å². The van der Waals surface area contributed by atoms with Gasteiger partial charge in [0.15, 0.2) is 0 Å². The zero-order valence-electron chi connectivity index (χ0n) is 6.91. The van der Waals surface area contributed by atoms with Gasteiger partial charge in [0, 0.05) is 0 Å². The quantitative estimate of drug-likeness (QED) is 0.593. The first kappa shape index (κ1) is 9.96. The van der Waals surface area contributed by atoms with Crippen molar-refractivity contribution in [2.24, 2.45) is 0 Å². The number of rotatable bonds is 3. The predicted molar refractivity (Wildman–Crippen MR) is 38.6 cm³/mol. The molecule has 0 bridgehead atoms. The van der Waals surface area contributed by atoms with Crippen LogP contribution >= 0.6 is 0 Å².